The highest BCUT2D eigenvalue weighted by Gasteiger charge is 2.49. The third-order valence-electron chi connectivity index (χ3n) is 5.49. The number of hydrogen-bond acceptors (Lipinski definition) is 3. The fraction of sp³-hybridized carbons (Fsp3) is 0.261. The summed E-state index contributed by atoms with van der Waals surface area (Å²) in [7, 11) is 0. The molecule has 146 valence electrons. The fourth-order valence-electron chi connectivity index (χ4n) is 4.24. The van der Waals surface area contributed by atoms with Crippen LogP contribution in [0.25, 0.3) is 0 Å². The summed E-state index contributed by atoms with van der Waals surface area (Å²) >= 11 is 6.62. The van der Waals surface area contributed by atoms with Crippen LogP contribution in [0.1, 0.15) is 42.1 Å². The molecular formula is C23H21ClN4O. The molecular weight excluding hydrogens is 384 g/mol. The zero-order valence-electron chi connectivity index (χ0n) is 16.2. The van der Waals surface area contributed by atoms with Gasteiger partial charge >= 0.3 is 0 Å². The van der Waals surface area contributed by atoms with E-state index in [9.17, 15) is 10.1 Å². The van der Waals surface area contributed by atoms with Crippen molar-refractivity contribution in [1.29, 1.82) is 5.26 Å². The average molecular weight is 405 g/mol. The van der Waals surface area contributed by atoms with Gasteiger partial charge in [-0.25, -0.2) is 4.98 Å². The summed E-state index contributed by atoms with van der Waals surface area (Å²) in [5.41, 5.74) is 2.25. The maximum absolute atomic E-state index is 14.0. The molecule has 0 spiro atoms. The van der Waals surface area contributed by atoms with Crippen LogP contribution in [0.3, 0.4) is 0 Å². The summed E-state index contributed by atoms with van der Waals surface area (Å²) in [6, 6.07) is 17.2. The van der Waals surface area contributed by atoms with Gasteiger partial charge in [0.05, 0.1) is 30.2 Å². The smallest absolute Gasteiger partial charge is 0.254 e. The molecule has 0 fully saturated rings. The van der Waals surface area contributed by atoms with E-state index in [1.807, 2.05) is 52.1 Å². The molecule has 0 N–H and O–H groups in total. The van der Waals surface area contributed by atoms with Crippen LogP contribution in [-0.2, 0) is 23.4 Å². The molecule has 4 rings (SSSR count). The molecule has 0 bridgehead atoms. The number of halogens is 1. The molecule has 2 heterocycles. The van der Waals surface area contributed by atoms with E-state index >= 15 is 0 Å². The molecule has 1 aliphatic rings. The normalized spacial score (nSPS) is 18.4. The van der Waals surface area contributed by atoms with Crippen molar-refractivity contribution in [2.75, 3.05) is 0 Å². The second-order valence-corrected chi connectivity index (χ2v) is 7.73. The number of aromatic nitrogens is 2. The lowest BCUT2D eigenvalue weighted by Gasteiger charge is -2.44. The first kappa shape index (κ1) is 19.2. The first-order valence-electron chi connectivity index (χ1n) is 9.65. The highest BCUT2D eigenvalue weighted by molar-refractivity contribution is 6.32. The summed E-state index contributed by atoms with van der Waals surface area (Å²) in [6.45, 7) is 3.07. The monoisotopic (exact) mass is 404 g/mol. The van der Waals surface area contributed by atoms with Crippen molar-refractivity contribution in [3.63, 3.8) is 0 Å². The molecule has 1 unspecified atom stereocenters. The van der Waals surface area contributed by atoms with Crippen molar-refractivity contribution >= 4 is 17.5 Å². The Morgan fingerprint density at radius 3 is 2.72 bits per heavy atom. The number of rotatable bonds is 5. The molecule has 1 atom stereocenters. The van der Waals surface area contributed by atoms with Crippen LogP contribution in [0.15, 0.2) is 61.1 Å². The van der Waals surface area contributed by atoms with Crippen LogP contribution in [0, 0.1) is 11.3 Å². The Bertz CT molecular complexity index is 1090. The van der Waals surface area contributed by atoms with E-state index in [2.05, 4.69) is 18.0 Å². The van der Waals surface area contributed by atoms with Gasteiger partial charge in [-0.2, -0.15) is 5.26 Å². The van der Waals surface area contributed by atoms with E-state index in [4.69, 9.17) is 11.6 Å². The zero-order chi connectivity index (χ0) is 20.4. The number of carbonyl (C=O) groups is 1. The Labute approximate surface area is 175 Å². The van der Waals surface area contributed by atoms with Crippen molar-refractivity contribution in [2.45, 2.75) is 38.4 Å². The first-order chi connectivity index (χ1) is 14.1. The Kier molecular flexibility index (Phi) is 5.12. The predicted molar refractivity (Wildman–Crippen MR) is 111 cm³/mol. The zero-order valence-corrected chi connectivity index (χ0v) is 16.9. The second kappa shape index (κ2) is 7.73. The minimum absolute atomic E-state index is 0.000288. The van der Waals surface area contributed by atoms with E-state index in [0.29, 0.717) is 35.7 Å². The lowest BCUT2D eigenvalue weighted by Crippen LogP contribution is -2.55. The molecule has 0 radical (unpaired) electrons. The molecule has 5 nitrogen and oxygen atoms in total. The van der Waals surface area contributed by atoms with Gasteiger partial charge in [-0.05, 0) is 24.1 Å². The van der Waals surface area contributed by atoms with Crippen LogP contribution in [0.2, 0.25) is 5.02 Å². The lowest BCUT2D eigenvalue weighted by atomic mass is 9.81. The molecule has 1 aromatic heterocycles. The highest BCUT2D eigenvalue weighted by Crippen LogP contribution is 2.42. The summed E-state index contributed by atoms with van der Waals surface area (Å²) in [5, 5.41) is 9.64. The van der Waals surface area contributed by atoms with Gasteiger partial charge in [0, 0.05) is 23.3 Å². The van der Waals surface area contributed by atoms with Crippen molar-refractivity contribution in [1.82, 2.24) is 14.5 Å². The Morgan fingerprint density at radius 2 is 2.03 bits per heavy atom. The van der Waals surface area contributed by atoms with Crippen molar-refractivity contribution in [3.8, 4) is 6.07 Å². The SMILES string of the molecule is CCCC1(c2ccc(C#N)cc2Cl)C(=O)N(Cc2ccccc2)Cc2cncn21. The number of imidazole rings is 1. The molecule has 1 aliphatic heterocycles. The molecule has 0 aliphatic carbocycles. The first-order valence-corrected chi connectivity index (χ1v) is 10.0. The van der Waals surface area contributed by atoms with Gasteiger partial charge in [0.25, 0.3) is 5.91 Å². The maximum atomic E-state index is 14.0. The second-order valence-electron chi connectivity index (χ2n) is 7.32. The third kappa shape index (κ3) is 3.20. The minimum atomic E-state index is -0.974. The Hall–Kier alpha value is -3.10. The number of nitriles is 1. The van der Waals surface area contributed by atoms with Crippen LogP contribution in [0.4, 0.5) is 0 Å². The van der Waals surface area contributed by atoms with Crippen LogP contribution < -0.4 is 0 Å². The third-order valence-corrected chi connectivity index (χ3v) is 5.80. The van der Waals surface area contributed by atoms with E-state index in [0.717, 1.165) is 17.7 Å². The molecule has 3 aromatic rings. The number of fused-ring (bicyclic) bond motifs is 1. The van der Waals surface area contributed by atoms with E-state index in [-0.39, 0.29) is 5.91 Å². The number of amides is 1. The Balaban J connectivity index is 1.87. The van der Waals surface area contributed by atoms with Gasteiger partial charge in [0.2, 0.25) is 0 Å². The van der Waals surface area contributed by atoms with Gasteiger partial charge in [0.1, 0.15) is 0 Å². The van der Waals surface area contributed by atoms with Crippen molar-refractivity contribution < 1.29 is 4.79 Å². The standard InChI is InChI=1S/C23H21ClN4O/c1-2-10-23(20-9-8-18(12-25)11-21(20)24)22(29)27(14-17-6-4-3-5-7-17)15-19-13-26-16-28(19)23/h3-9,11,13,16H,2,10,14-15H2,1H3. The van der Waals surface area contributed by atoms with E-state index < -0.39 is 5.54 Å². The van der Waals surface area contributed by atoms with Crippen LogP contribution >= 0.6 is 11.6 Å². The number of benzene rings is 2. The van der Waals surface area contributed by atoms with Crippen molar-refractivity contribution in [3.05, 3.63) is 88.5 Å². The van der Waals surface area contributed by atoms with Crippen LogP contribution in [0.5, 0.6) is 0 Å². The lowest BCUT2D eigenvalue weighted by molar-refractivity contribution is -0.143. The average Bonchev–Trinajstić information content (AvgIpc) is 3.21. The number of carbonyl (C=O) groups excluding carboxylic acids is 1. The number of hydrogen-bond donors (Lipinski definition) is 0. The topological polar surface area (TPSA) is 61.9 Å². The van der Waals surface area contributed by atoms with E-state index in [1.54, 1.807) is 18.5 Å². The predicted octanol–water partition coefficient (Wildman–Crippen LogP) is 4.49. The van der Waals surface area contributed by atoms with Gasteiger partial charge in [0.15, 0.2) is 5.54 Å². The Morgan fingerprint density at radius 1 is 1.24 bits per heavy atom. The fourth-order valence-corrected chi connectivity index (χ4v) is 4.57. The summed E-state index contributed by atoms with van der Waals surface area (Å²) in [6.07, 6.45) is 4.91. The summed E-state index contributed by atoms with van der Waals surface area (Å²) < 4.78 is 1.97. The van der Waals surface area contributed by atoms with E-state index in [1.165, 1.54) is 0 Å². The molecule has 29 heavy (non-hydrogen) atoms. The quantitative estimate of drug-likeness (QED) is 0.629. The highest BCUT2D eigenvalue weighted by atomic mass is 35.5. The molecule has 6 heteroatoms. The van der Waals surface area contributed by atoms with Gasteiger partial charge in [-0.15, -0.1) is 0 Å². The largest absolute Gasteiger partial charge is 0.330 e. The summed E-state index contributed by atoms with van der Waals surface area (Å²) in [4.78, 5) is 20.2. The van der Waals surface area contributed by atoms with Gasteiger partial charge in [-0.3, -0.25) is 4.79 Å². The molecule has 2 aromatic carbocycles. The van der Waals surface area contributed by atoms with Crippen molar-refractivity contribution in [2.24, 2.45) is 0 Å². The van der Waals surface area contributed by atoms with Crippen LogP contribution in [-0.4, -0.2) is 20.4 Å². The summed E-state index contributed by atoms with van der Waals surface area (Å²) in [5.74, 6) is 0.000288. The molecule has 1 amide bonds. The number of nitrogens with zero attached hydrogens (tertiary/aromatic N) is 4. The molecule has 0 saturated carbocycles. The maximum Gasteiger partial charge on any atom is 0.254 e. The minimum Gasteiger partial charge on any atom is -0.330 e. The van der Waals surface area contributed by atoms with Gasteiger partial charge < -0.3 is 9.47 Å². The molecule has 0 saturated heterocycles. The van der Waals surface area contributed by atoms with Gasteiger partial charge in [-0.1, -0.05) is 61.3 Å².